The third-order valence-corrected chi connectivity index (χ3v) is 4.66. The number of hydrogen-bond donors (Lipinski definition) is 2. The Balaban J connectivity index is 1.87. The Morgan fingerprint density at radius 3 is 2.50 bits per heavy atom. The molecular formula is C20H20Cl2N2O4. The molecule has 0 aliphatic carbocycles. The molecule has 1 unspecified atom stereocenters. The van der Waals surface area contributed by atoms with Crippen molar-refractivity contribution in [3.8, 4) is 0 Å². The highest BCUT2D eigenvalue weighted by molar-refractivity contribution is 6.36. The highest BCUT2D eigenvalue weighted by Crippen LogP contribution is 2.21. The van der Waals surface area contributed by atoms with E-state index in [4.69, 9.17) is 27.9 Å². The number of halogens is 2. The quantitative estimate of drug-likeness (QED) is 0.690. The van der Waals surface area contributed by atoms with E-state index in [2.05, 4.69) is 10.6 Å². The summed E-state index contributed by atoms with van der Waals surface area (Å²) in [4.78, 5) is 36.3. The van der Waals surface area contributed by atoms with E-state index in [9.17, 15) is 14.4 Å². The van der Waals surface area contributed by atoms with Crippen LogP contribution in [0.3, 0.4) is 0 Å². The van der Waals surface area contributed by atoms with E-state index < -0.39 is 30.4 Å². The van der Waals surface area contributed by atoms with E-state index in [1.165, 1.54) is 25.1 Å². The van der Waals surface area contributed by atoms with Crippen molar-refractivity contribution in [2.45, 2.75) is 26.9 Å². The summed E-state index contributed by atoms with van der Waals surface area (Å²) >= 11 is 11.7. The molecule has 2 N–H and O–H groups in total. The Bertz CT molecular complexity index is 915. The van der Waals surface area contributed by atoms with Gasteiger partial charge in [-0.15, -0.1) is 0 Å². The second-order valence-electron chi connectivity index (χ2n) is 6.18. The summed E-state index contributed by atoms with van der Waals surface area (Å²) in [6.07, 6.45) is -1.02. The van der Waals surface area contributed by atoms with Gasteiger partial charge < -0.3 is 15.4 Å². The van der Waals surface area contributed by atoms with Crippen molar-refractivity contribution >= 4 is 46.7 Å². The first-order valence-electron chi connectivity index (χ1n) is 8.49. The summed E-state index contributed by atoms with van der Waals surface area (Å²) in [5.41, 5.74) is 2.80. The number of hydrogen-bond acceptors (Lipinski definition) is 4. The van der Waals surface area contributed by atoms with E-state index in [1.54, 1.807) is 6.07 Å². The van der Waals surface area contributed by atoms with Crippen molar-refractivity contribution in [3.05, 3.63) is 63.1 Å². The number of ether oxygens (including phenoxy) is 1. The second-order valence-corrected chi connectivity index (χ2v) is 7.02. The number of nitrogens with one attached hydrogen (secondary N) is 2. The molecule has 0 heterocycles. The van der Waals surface area contributed by atoms with Crippen LogP contribution < -0.4 is 10.6 Å². The SMILES string of the molecule is Cc1cccc(NC(=O)C(C)OC(=O)CNC(=O)c2ccc(Cl)cc2Cl)c1C. The standard InChI is InChI=1S/C20H20Cl2N2O4/c1-11-5-4-6-17(12(11)2)24-19(26)13(3)28-18(25)10-23-20(27)15-8-7-14(21)9-16(15)22/h4-9,13H,10H2,1-3H3,(H,23,27)(H,24,26). The van der Waals surface area contributed by atoms with E-state index in [-0.39, 0.29) is 10.6 Å². The Hall–Kier alpha value is -2.57. The van der Waals surface area contributed by atoms with E-state index >= 15 is 0 Å². The molecule has 0 aliphatic heterocycles. The molecule has 1 atom stereocenters. The molecule has 6 nitrogen and oxygen atoms in total. The number of benzene rings is 2. The van der Waals surface area contributed by atoms with Gasteiger partial charge in [0.25, 0.3) is 11.8 Å². The smallest absolute Gasteiger partial charge is 0.326 e. The number of carbonyl (C=O) groups excluding carboxylic acids is 3. The first-order chi connectivity index (χ1) is 13.2. The summed E-state index contributed by atoms with van der Waals surface area (Å²) in [5.74, 6) is -1.76. The van der Waals surface area contributed by atoms with E-state index in [0.717, 1.165) is 11.1 Å². The maximum absolute atomic E-state index is 12.2. The van der Waals surface area contributed by atoms with E-state index in [0.29, 0.717) is 10.7 Å². The maximum atomic E-state index is 12.2. The third-order valence-electron chi connectivity index (χ3n) is 4.11. The minimum Gasteiger partial charge on any atom is -0.451 e. The molecule has 0 aromatic heterocycles. The van der Waals surface area contributed by atoms with Crippen LogP contribution in [0.5, 0.6) is 0 Å². The zero-order valence-electron chi connectivity index (χ0n) is 15.6. The summed E-state index contributed by atoms with van der Waals surface area (Å²) in [6, 6.07) is 9.92. The van der Waals surface area contributed by atoms with Gasteiger partial charge in [0, 0.05) is 10.7 Å². The molecule has 0 saturated carbocycles. The lowest BCUT2D eigenvalue weighted by Crippen LogP contribution is -2.36. The number of amides is 2. The van der Waals surface area contributed by atoms with Gasteiger partial charge in [0.15, 0.2) is 6.10 Å². The number of esters is 1. The molecule has 0 radical (unpaired) electrons. The molecule has 2 aromatic rings. The topological polar surface area (TPSA) is 84.5 Å². The van der Waals surface area contributed by atoms with Crippen molar-refractivity contribution in [1.82, 2.24) is 5.32 Å². The molecule has 0 bridgehead atoms. The Morgan fingerprint density at radius 1 is 1.11 bits per heavy atom. The minimum atomic E-state index is -1.02. The fourth-order valence-corrected chi connectivity index (χ4v) is 2.83. The van der Waals surface area contributed by atoms with Gasteiger partial charge in [-0.25, -0.2) is 0 Å². The van der Waals surface area contributed by atoms with Gasteiger partial charge in [-0.05, 0) is 56.2 Å². The normalized spacial score (nSPS) is 11.5. The van der Waals surface area contributed by atoms with Crippen LogP contribution in [0.15, 0.2) is 36.4 Å². The molecular weight excluding hydrogens is 403 g/mol. The van der Waals surface area contributed by atoms with Crippen molar-refractivity contribution < 1.29 is 19.1 Å². The van der Waals surface area contributed by atoms with Gasteiger partial charge in [-0.2, -0.15) is 0 Å². The monoisotopic (exact) mass is 422 g/mol. The lowest BCUT2D eigenvalue weighted by Gasteiger charge is -2.15. The third kappa shape index (κ3) is 5.71. The number of aryl methyl sites for hydroxylation is 1. The molecule has 2 amide bonds. The van der Waals surface area contributed by atoms with E-state index in [1.807, 2.05) is 26.0 Å². The van der Waals surface area contributed by atoms with Crippen LogP contribution in [0.1, 0.15) is 28.4 Å². The molecule has 0 fully saturated rings. The van der Waals surface area contributed by atoms with Gasteiger partial charge in [0.1, 0.15) is 6.54 Å². The fraction of sp³-hybridized carbons (Fsp3) is 0.250. The molecule has 148 valence electrons. The molecule has 2 aromatic carbocycles. The number of rotatable bonds is 6. The molecule has 0 saturated heterocycles. The Kier molecular flexibility index (Phi) is 7.43. The molecule has 2 rings (SSSR count). The lowest BCUT2D eigenvalue weighted by molar-refractivity contribution is -0.152. The van der Waals surface area contributed by atoms with Crippen molar-refractivity contribution in [1.29, 1.82) is 0 Å². The largest absolute Gasteiger partial charge is 0.451 e. The van der Waals surface area contributed by atoms with Gasteiger partial charge in [-0.3, -0.25) is 14.4 Å². The summed E-state index contributed by atoms with van der Waals surface area (Å²) in [7, 11) is 0. The summed E-state index contributed by atoms with van der Waals surface area (Å²) in [5, 5.41) is 5.68. The summed E-state index contributed by atoms with van der Waals surface area (Å²) in [6.45, 7) is 4.87. The van der Waals surface area contributed by atoms with Crippen molar-refractivity contribution in [2.24, 2.45) is 0 Å². The molecule has 0 aliphatic rings. The maximum Gasteiger partial charge on any atom is 0.326 e. The average Bonchev–Trinajstić information content (AvgIpc) is 2.63. The second kappa shape index (κ2) is 9.57. The van der Waals surface area contributed by atoms with Crippen molar-refractivity contribution in [2.75, 3.05) is 11.9 Å². The highest BCUT2D eigenvalue weighted by Gasteiger charge is 2.20. The van der Waals surface area contributed by atoms with Crippen LogP contribution in [-0.4, -0.2) is 30.4 Å². The predicted molar refractivity (Wildman–Crippen MR) is 109 cm³/mol. The zero-order chi connectivity index (χ0) is 20.8. The van der Waals surface area contributed by atoms with Crippen LogP contribution in [0.4, 0.5) is 5.69 Å². The van der Waals surface area contributed by atoms with Crippen LogP contribution >= 0.6 is 23.2 Å². The first kappa shape index (κ1) is 21.7. The minimum absolute atomic E-state index is 0.166. The zero-order valence-corrected chi connectivity index (χ0v) is 17.1. The molecule has 0 spiro atoms. The average molecular weight is 423 g/mol. The van der Waals surface area contributed by atoms with Crippen LogP contribution in [0.25, 0.3) is 0 Å². The molecule has 28 heavy (non-hydrogen) atoms. The Labute approximate surface area is 173 Å². The van der Waals surface area contributed by atoms with Crippen LogP contribution in [0.2, 0.25) is 10.0 Å². The summed E-state index contributed by atoms with van der Waals surface area (Å²) < 4.78 is 5.07. The Morgan fingerprint density at radius 2 is 1.82 bits per heavy atom. The van der Waals surface area contributed by atoms with Crippen molar-refractivity contribution in [3.63, 3.8) is 0 Å². The predicted octanol–water partition coefficient (Wildman–Crippen LogP) is 3.91. The highest BCUT2D eigenvalue weighted by atomic mass is 35.5. The van der Waals surface area contributed by atoms with Gasteiger partial charge in [0.2, 0.25) is 0 Å². The van der Waals surface area contributed by atoms with Gasteiger partial charge >= 0.3 is 5.97 Å². The number of anilines is 1. The van der Waals surface area contributed by atoms with Gasteiger partial charge in [-0.1, -0.05) is 35.3 Å². The van der Waals surface area contributed by atoms with Crippen LogP contribution in [-0.2, 0) is 14.3 Å². The van der Waals surface area contributed by atoms with Crippen LogP contribution in [0, 0.1) is 13.8 Å². The first-order valence-corrected chi connectivity index (χ1v) is 9.24. The fourth-order valence-electron chi connectivity index (χ4n) is 2.33. The van der Waals surface area contributed by atoms with Gasteiger partial charge in [0.05, 0.1) is 10.6 Å². The molecule has 8 heteroatoms. The lowest BCUT2D eigenvalue weighted by atomic mass is 10.1. The number of carbonyl (C=O) groups is 3.